The minimum Gasteiger partial charge on any atom is -0.265 e. The number of sulfone groups is 1. The zero-order valence-corrected chi connectivity index (χ0v) is 21.3. The highest BCUT2D eigenvalue weighted by atomic mass is 32.2. The van der Waals surface area contributed by atoms with Crippen LogP contribution in [0.1, 0.15) is 56.2 Å². The maximum Gasteiger partial charge on any atom is 0.240 e. The Morgan fingerprint density at radius 2 is 1.38 bits per heavy atom. The van der Waals surface area contributed by atoms with Gasteiger partial charge >= 0.3 is 0 Å². The molecule has 0 unspecified atom stereocenters. The fourth-order valence-corrected chi connectivity index (χ4v) is 6.77. The average molecular weight is 505 g/mol. The second-order valence-corrected chi connectivity index (χ2v) is 12.4. The molecule has 0 bridgehead atoms. The second kappa shape index (κ2) is 10.3. The summed E-state index contributed by atoms with van der Waals surface area (Å²) in [5.74, 6) is -0.897. The summed E-state index contributed by atoms with van der Waals surface area (Å²) in [4.78, 5) is 3.70. The van der Waals surface area contributed by atoms with Gasteiger partial charge in [-0.3, -0.25) is 4.98 Å². The topological polar surface area (TPSA) is 93.2 Å². The molecule has 2 aromatic carbocycles. The van der Waals surface area contributed by atoms with Crippen LogP contribution in [-0.4, -0.2) is 28.4 Å². The number of hydrogen-bond acceptors (Lipinski definition) is 5. The van der Waals surface area contributed by atoms with Crippen molar-refractivity contribution in [2.75, 3.05) is 6.54 Å². The maximum absolute atomic E-state index is 13.5. The normalized spacial score (nSPS) is 12.4. The Morgan fingerprint density at radius 1 is 0.824 bits per heavy atom. The van der Waals surface area contributed by atoms with Crippen LogP contribution in [0.5, 0.6) is 0 Å². The van der Waals surface area contributed by atoms with Crippen molar-refractivity contribution < 1.29 is 21.2 Å². The summed E-state index contributed by atoms with van der Waals surface area (Å²) in [6.45, 7) is 7.58. The van der Waals surface area contributed by atoms with Gasteiger partial charge in [-0.25, -0.2) is 25.9 Å². The van der Waals surface area contributed by atoms with E-state index in [-0.39, 0.29) is 33.1 Å². The lowest BCUT2D eigenvalue weighted by molar-refractivity contribution is 0.578. The average Bonchev–Trinajstić information content (AvgIpc) is 2.79. The summed E-state index contributed by atoms with van der Waals surface area (Å²) in [6.07, 6.45) is 3.74. The van der Waals surface area contributed by atoms with Crippen LogP contribution in [0.2, 0.25) is 0 Å². The van der Waals surface area contributed by atoms with Gasteiger partial charge in [0.2, 0.25) is 19.9 Å². The Hall–Kier alpha value is -2.62. The summed E-state index contributed by atoms with van der Waals surface area (Å²) in [5.41, 5.74) is 1.98. The summed E-state index contributed by atoms with van der Waals surface area (Å²) in [5, 5.41) is 0. The van der Waals surface area contributed by atoms with Gasteiger partial charge in [0, 0.05) is 18.9 Å². The van der Waals surface area contributed by atoms with Crippen LogP contribution in [0.25, 0.3) is 0 Å². The molecule has 1 heterocycles. The molecule has 0 aliphatic carbocycles. The molecule has 0 spiro atoms. The number of benzene rings is 2. The van der Waals surface area contributed by atoms with Crippen LogP contribution in [0.3, 0.4) is 0 Å². The van der Waals surface area contributed by atoms with E-state index in [1.807, 2.05) is 27.7 Å². The molecule has 1 aromatic heterocycles. The first-order chi connectivity index (χ1) is 15.9. The molecule has 182 valence electrons. The Bertz CT molecular complexity index is 1350. The highest BCUT2D eigenvalue weighted by molar-refractivity contribution is 7.91. The zero-order chi connectivity index (χ0) is 25.1. The van der Waals surface area contributed by atoms with Crippen molar-refractivity contribution in [3.05, 3.63) is 83.4 Å². The monoisotopic (exact) mass is 504 g/mol. The van der Waals surface area contributed by atoms with Crippen LogP contribution >= 0.6 is 0 Å². The van der Waals surface area contributed by atoms with E-state index in [1.165, 1.54) is 18.2 Å². The lowest BCUT2D eigenvalue weighted by Crippen LogP contribution is -2.27. The number of nitrogens with zero attached hydrogens (tertiary/aromatic N) is 1. The number of nitrogens with one attached hydrogen (secondary N) is 1. The molecular formula is C25H29FN2O4S2. The molecule has 34 heavy (non-hydrogen) atoms. The van der Waals surface area contributed by atoms with Gasteiger partial charge in [0.1, 0.15) is 5.82 Å². The van der Waals surface area contributed by atoms with Crippen molar-refractivity contribution in [1.82, 2.24) is 9.71 Å². The number of sulfonamides is 1. The third-order valence-corrected chi connectivity index (χ3v) is 8.89. The molecule has 3 rings (SSSR count). The van der Waals surface area contributed by atoms with Gasteiger partial charge in [-0.05, 0) is 77.4 Å². The van der Waals surface area contributed by atoms with Crippen LogP contribution in [-0.2, 0) is 26.3 Å². The predicted octanol–water partition coefficient (Wildman–Crippen LogP) is 4.82. The maximum atomic E-state index is 13.5. The van der Waals surface area contributed by atoms with Crippen molar-refractivity contribution in [2.24, 2.45) is 0 Å². The SMILES string of the molecule is CC(C)c1cc(C(C)C)c(S(=O)(=O)c2ccc(F)cc2)cc1S(=O)(=O)NCCc1ccncc1. The molecule has 0 fully saturated rings. The van der Waals surface area contributed by atoms with E-state index in [4.69, 9.17) is 0 Å². The Labute approximate surface area is 201 Å². The van der Waals surface area contributed by atoms with Crippen molar-refractivity contribution >= 4 is 19.9 Å². The Morgan fingerprint density at radius 3 is 1.94 bits per heavy atom. The first-order valence-electron chi connectivity index (χ1n) is 11.0. The first kappa shape index (κ1) is 26.0. The van der Waals surface area contributed by atoms with E-state index in [2.05, 4.69) is 9.71 Å². The molecule has 0 radical (unpaired) electrons. The van der Waals surface area contributed by atoms with Crippen molar-refractivity contribution in [1.29, 1.82) is 0 Å². The fourth-order valence-electron chi connectivity index (χ4n) is 3.66. The second-order valence-electron chi connectivity index (χ2n) is 8.70. The van der Waals surface area contributed by atoms with Crippen molar-refractivity contribution in [2.45, 2.75) is 60.6 Å². The van der Waals surface area contributed by atoms with Crippen molar-refractivity contribution in [3.8, 4) is 0 Å². The quantitative estimate of drug-likeness (QED) is 0.422. The number of pyridine rings is 1. The number of halogens is 1. The predicted molar refractivity (Wildman–Crippen MR) is 130 cm³/mol. The van der Waals surface area contributed by atoms with Gasteiger partial charge in [0.25, 0.3) is 0 Å². The smallest absolute Gasteiger partial charge is 0.240 e. The van der Waals surface area contributed by atoms with Crippen LogP contribution < -0.4 is 4.72 Å². The lowest BCUT2D eigenvalue weighted by Gasteiger charge is -2.21. The van der Waals surface area contributed by atoms with Gasteiger partial charge in [0.05, 0.1) is 14.7 Å². The molecule has 3 aromatic rings. The molecule has 1 N–H and O–H groups in total. The minimum atomic E-state index is -4.09. The molecule has 0 saturated heterocycles. The van der Waals surface area contributed by atoms with Crippen LogP contribution in [0.4, 0.5) is 4.39 Å². The van der Waals surface area contributed by atoms with Gasteiger partial charge in [-0.1, -0.05) is 33.8 Å². The number of aromatic nitrogens is 1. The molecule has 9 heteroatoms. The zero-order valence-electron chi connectivity index (χ0n) is 19.6. The van der Waals surface area contributed by atoms with E-state index >= 15 is 0 Å². The number of rotatable bonds is 9. The Balaban J connectivity index is 2.10. The Kier molecular flexibility index (Phi) is 7.90. The summed E-state index contributed by atoms with van der Waals surface area (Å²) in [6, 6.07) is 11.0. The fraction of sp³-hybridized carbons (Fsp3) is 0.320. The van der Waals surface area contributed by atoms with E-state index in [9.17, 15) is 21.2 Å². The summed E-state index contributed by atoms with van der Waals surface area (Å²) in [7, 11) is -8.10. The van der Waals surface area contributed by atoms with Gasteiger partial charge in [-0.15, -0.1) is 0 Å². The molecule has 0 aliphatic heterocycles. The molecule has 6 nitrogen and oxygen atoms in total. The van der Waals surface area contributed by atoms with E-state index < -0.39 is 25.7 Å². The van der Waals surface area contributed by atoms with E-state index in [0.29, 0.717) is 17.5 Å². The summed E-state index contributed by atoms with van der Waals surface area (Å²) < 4.78 is 69.6. The van der Waals surface area contributed by atoms with E-state index in [0.717, 1.165) is 17.7 Å². The number of hydrogen-bond donors (Lipinski definition) is 1. The third kappa shape index (κ3) is 5.71. The van der Waals surface area contributed by atoms with Gasteiger partial charge < -0.3 is 0 Å². The molecular weight excluding hydrogens is 475 g/mol. The molecule has 0 amide bonds. The van der Waals surface area contributed by atoms with Crippen LogP contribution in [0, 0.1) is 5.82 Å². The highest BCUT2D eigenvalue weighted by Crippen LogP contribution is 2.35. The van der Waals surface area contributed by atoms with Crippen molar-refractivity contribution in [3.63, 3.8) is 0 Å². The lowest BCUT2D eigenvalue weighted by atomic mass is 9.95. The highest BCUT2D eigenvalue weighted by Gasteiger charge is 2.29. The largest absolute Gasteiger partial charge is 0.265 e. The van der Waals surface area contributed by atoms with Gasteiger partial charge in [-0.2, -0.15) is 0 Å². The standard InChI is InChI=1S/C25H29FN2O4S2/c1-17(2)22-15-23(18(3)4)25(34(31,32)28-14-11-19-9-12-27-13-10-19)16-24(22)33(29,30)21-7-5-20(26)6-8-21/h5-10,12-13,15-18,28H,11,14H2,1-4H3. The first-order valence-corrected chi connectivity index (χ1v) is 14.0. The van der Waals surface area contributed by atoms with Crippen LogP contribution in [0.15, 0.2) is 75.6 Å². The minimum absolute atomic E-state index is 0.0673. The molecule has 0 atom stereocenters. The summed E-state index contributed by atoms with van der Waals surface area (Å²) >= 11 is 0. The van der Waals surface area contributed by atoms with Gasteiger partial charge in [0.15, 0.2) is 0 Å². The molecule has 0 saturated carbocycles. The molecule has 0 aliphatic rings. The van der Waals surface area contributed by atoms with E-state index in [1.54, 1.807) is 30.6 Å². The third-order valence-electron chi connectivity index (χ3n) is 5.54.